The van der Waals surface area contributed by atoms with Gasteiger partial charge in [0.15, 0.2) is 0 Å². The van der Waals surface area contributed by atoms with Crippen LogP contribution in [0.2, 0.25) is 0 Å². The maximum atomic E-state index is 7.49. The number of para-hydroxylation sites is 8. The molecule has 580 valence electrons. The Hall–Kier alpha value is -14.7. The summed E-state index contributed by atoms with van der Waals surface area (Å²) in [5.41, 5.74) is 35.4. The third-order valence-corrected chi connectivity index (χ3v) is 28.2. The second-order valence-corrected chi connectivity index (χ2v) is 37.2. The van der Waals surface area contributed by atoms with Gasteiger partial charge in [-0.25, -0.2) is 0 Å². The van der Waals surface area contributed by atoms with Crippen LogP contribution in [-0.4, -0.2) is 40.8 Å². The summed E-state index contributed by atoms with van der Waals surface area (Å²) >= 11 is 0. The number of ether oxygens (including phenoxy) is 2. The van der Waals surface area contributed by atoms with Crippen molar-refractivity contribution in [1.82, 2.24) is 27.4 Å². The Morgan fingerprint density at radius 2 is 0.593 bits per heavy atom. The number of hydrogen-bond acceptors (Lipinski definition) is 2. The highest BCUT2D eigenvalue weighted by molar-refractivity contribution is 7.00. The summed E-state index contributed by atoms with van der Waals surface area (Å²) in [6.07, 6.45) is 0.807. The lowest BCUT2D eigenvalue weighted by molar-refractivity contribution is 0.484. The molecule has 0 spiro atoms. The molecule has 1 unspecified atom stereocenters. The average molecular weight is 1580 g/mol. The van der Waals surface area contributed by atoms with Gasteiger partial charge in [0.2, 0.25) is 0 Å². The van der Waals surface area contributed by atoms with Crippen LogP contribution in [0.4, 0.5) is 0 Å². The Morgan fingerprint density at radius 1 is 0.260 bits per heavy atom. The van der Waals surface area contributed by atoms with E-state index < -0.39 is 0 Å². The Labute approximate surface area is 711 Å². The molecular weight excluding hydrogens is 1490 g/mol. The van der Waals surface area contributed by atoms with E-state index in [9.17, 15) is 0 Å². The number of hydrogen-bond donors (Lipinski definition) is 0. The van der Waals surface area contributed by atoms with Gasteiger partial charge in [-0.1, -0.05) is 243 Å². The first-order valence-corrected chi connectivity index (χ1v) is 43.5. The third kappa shape index (κ3) is 9.63. The van der Waals surface area contributed by atoms with Crippen molar-refractivity contribution in [1.29, 1.82) is 0 Å². The van der Waals surface area contributed by atoms with Crippen molar-refractivity contribution in [2.45, 2.75) is 71.6 Å². The molecule has 0 amide bonds. The van der Waals surface area contributed by atoms with Crippen LogP contribution >= 0.6 is 0 Å². The highest BCUT2D eigenvalue weighted by Gasteiger charge is 2.45. The largest absolute Gasteiger partial charge is 0.458 e. The number of fused-ring (bicyclic) bond motifs is 26. The van der Waals surface area contributed by atoms with Crippen LogP contribution in [0, 0.1) is 0 Å². The van der Waals surface area contributed by atoms with Gasteiger partial charge in [-0.2, -0.15) is 0 Å². The van der Waals surface area contributed by atoms with Crippen molar-refractivity contribution in [3.05, 3.63) is 362 Å². The molecule has 0 saturated carbocycles. The lowest BCUT2D eigenvalue weighted by Crippen LogP contribution is -2.58. The smallest absolute Gasteiger partial charge is 0.256 e. The lowest BCUT2D eigenvalue weighted by atomic mass is 9.34. The topological polar surface area (TPSA) is 48.0 Å². The molecule has 0 radical (unpaired) electrons. The van der Waals surface area contributed by atoms with E-state index >= 15 is 0 Å². The summed E-state index contributed by atoms with van der Waals surface area (Å²) in [4.78, 5) is 0. The van der Waals surface area contributed by atoms with E-state index in [1.165, 1.54) is 181 Å². The zero-order chi connectivity index (χ0) is 81.5. The number of benzene rings is 17. The fourth-order valence-electron chi connectivity index (χ4n) is 22.6. The van der Waals surface area contributed by atoms with E-state index in [2.05, 4.69) is 416 Å². The van der Waals surface area contributed by atoms with Crippen molar-refractivity contribution in [3.63, 3.8) is 0 Å². The second-order valence-electron chi connectivity index (χ2n) is 37.2. The molecule has 4 aliphatic heterocycles. The molecule has 0 fully saturated rings. The molecular formula is C113H80B2N6O2. The molecule has 17 aromatic carbocycles. The van der Waals surface area contributed by atoms with Crippen LogP contribution in [0.1, 0.15) is 76.6 Å². The normalized spacial score (nSPS) is 13.6. The zero-order valence-corrected chi connectivity index (χ0v) is 69.3. The van der Waals surface area contributed by atoms with Crippen molar-refractivity contribution >= 4 is 177 Å². The van der Waals surface area contributed by atoms with E-state index in [1.807, 2.05) is 0 Å². The Balaban J connectivity index is 0.625. The number of rotatable bonds is 8. The van der Waals surface area contributed by atoms with E-state index in [1.54, 1.807) is 0 Å². The molecule has 0 saturated heterocycles. The second kappa shape index (κ2) is 24.7. The highest BCUT2D eigenvalue weighted by Crippen LogP contribution is 2.48. The summed E-state index contributed by atoms with van der Waals surface area (Å²) in [6, 6.07) is 129. The fraction of sp³-hybridized carbons (Fsp3) is 0.0973. The third-order valence-electron chi connectivity index (χ3n) is 28.2. The molecule has 23 aromatic rings. The number of aromatic nitrogens is 6. The summed E-state index contributed by atoms with van der Waals surface area (Å²) in [5, 5.41) is 14.8. The number of nitrogens with zero attached hydrogens (tertiary/aromatic N) is 6. The maximum absolute atomic E-state index is 7.49. The van der Waals surface area contributed by atoms with E-state index in [0.29, 0.717) is 0 Å². The van der Waals surface area contributed by atoms with Crippen LogP contribution in [-0.2, 0) is 17.3 Å². The molecule has 27 rings (SSSR count). The lowest BCUT2D eigenvalue weighted by Gasteiger charge is -2.35. The first-order valence-electron chi connectivity index (χ1n) is 43.5. The van der Waals surface area contributed by atoms with Crippen LogP contribution < -0.4 is 42.3 Å². The van der Waals surface area contributed by atoms with Gasteiger partial charge >= 0.3 is 0 Å². The standard InChI is InChI=1S/C113H80B2N6O2/c1-65(68-53-102-108-106(55-68)122-104-50-44-70(112(2,3)4)57-88(104)114(108)90-63-74(118-96-36-20-12-28-80(96)81-29-13-21-37-97(81)118)61-86-84-59-72(46-48-100(84)120(102)110(86)90)116-92-32-16-8-24-76(92)77-25-9-17-33-93(77)116)52-66-40-42-67(43-41-66)69-54-103-109-107(56-69)123-105-51-45-71(113(5,6)7)58-89(105)115(109)91-64-75(119-98-38-22-14-30-82(98)83-31-15-23-39-99(83)119)62-87-85-60-73(47-49-101(85)121(103)111(87)91)117-94-34-18-10-26-78(94)79-27-11-19-35-95(79)117/h8-51,53-65H,52H2,1-7H3. The molecule has 6 aromatic heterocycles. The molecule has 4 aliphatic rings. The summed E-state index contributed by atoms with van der Waals surface area (Å²) in [7, 11) is 0. The zero-order valence-electron chi connectivity index (χ0n) is 69.3. The Morgan fingerprint density at radius 3 is 0.967 bits per heavy atom. The molecule has 0 aliphatic carbocycles. The molecule has 10 heteroatoms. The van der Waals surface area contributed by atoms with Crippen LogP contribution in [0.3, 0.4) is 0 Å². The van der Waals surface area contributed by atoms with E-state index in [4.69, 9.17) is 9.47 Å². The fourth-order valence-corrected chi connectivity index (χ4v) is 22.6. The monoisotopic (exact) mass is 1570 g/mol. The van der Waals surface area contributed by atoms with Gasteiger partial charge in [-0.05, 0) is 235 Å². The predicted molar refractivity (Wildman–Crippen MR) is 516 cm³/mol. The van der Waals surface area contributed by atoms with Crippen molar-refractivity contribution < 1.29 is 9.47 Å². The summed E-state index contributed by atoms with van der Waals surface area (Å²) in [6.45, 7) is 16.1. The van der Waals surface area contributed by atoms with E-state index in [0.717, 1.165) is 80.0 Å². The van der Waals surface area contributed by atoms with Crippen molar-refractivity contribution in [2.75, 3.05) is 0 Å². The molecule has 0 bridgehead atoms. The molecule has 1 atom stereocenters. The first kappa shape index (κ1) is 69.1. The van der Waals surface area contributed by atoms with Crippen LogP contribution in [0.15, 0.2) is 340 Å². The van der Waals surface area contributed by atoms with Gasteiger partial charge in [-0.3, -0.25) is 0 Å². The maximum Gasteiger partial charge on any atom is 0.256 e. The van der Waals surface area contributed by atoms with Crippen LogP contribution in [0.25, 0.3) is 176 Å². The molecule has 123 heavy (non-hydrogen) atoms. The van der Waals surface area contributed by atoms with Crippen molar-refractivity contribution in [2.24, 2.45) is 0 Å². The Bertz CT molecular complexity index is 8470. The Kier molecular flexibility index (Phi) is 13.9. The minimum absolute atomic E-state index is 0.0928. The van der Waals surface area contributed by atoms with Crippen molar-refractivity contribution in [3.8, 4) is 68.2 Å². The molecule has 0 N–H and O–H groups in total. The summed E-state index contributed by atoms with van der Waals surface area (Å²) in [5.74, 6) is 3.69. The van der Waals surface area contributed by atoms with Gasteiger partial charge in [0, 0.05) is 110 Å². The molecule has 10 heterocycles. The quantitative estimate of drug-likeness (QED) is 0.142. The van der Waals surface area contributed by atoms with Gasteiger partial charge in [0.1, 0.15) is 23.0 Å². The summed E-state index contributed by atoms with van der Waals surface area (Å²) < 4.78 is 30.1. The minimum Gasteiger partial charge on any atom is -0.458 e. The van der Waals surface area contributed by atoms with Gasteiger partial charge in [-0.15, -0.1) is 0 Å². The average Bonchev–Trinajstić information content (AvgIpc) is 1.56. The van der Waals surface area contributed by atoms with Crippen LogP contribution in [0.5, 0.6) is 23.0 Å². The van der Waals surface area contributed by atoms with Gasteiger partial charge in [0.05, 0.1) is 55.2 Å². The first-order chi connectivity index (χ1) is 60.2. The predicted octanol–water partition coefficient (Wildman–Crippen LogP) is 24.7. The minimum atomic E-state index is -0.152. The highest BCUT2D eigenvalue weighted by atomic mass is 16.5. The van der Waals surface area contributed by atoms with E-state index in [-0.39, 0.29) is 30.2 Å². The molecule has 8 nitrogen and oxygen atoms in total. The van der Waals surface area contributed by atoms with Gasteiger partial charge < -0.3 is 36.9 Å². The SMILES string of the molecule is CC(Cc1ccc(-c2cc3c4c(c2)-n2c5ccc(-n6c7ccccc7c7ccccc76)cc5c5cc(-n6c7ccccc7c7ccccc76)cc(c52)B4c2cc(C(C)(C)C)ccc2O3)cc1)c1cc2c3c(c1)-n1c4ccc(-n5c6ccccc6c6ccccc65)cc4c4cc(-n5c6ccccc6c6ccccc65)cc(c41)B3c1cc(C(C)(C)C)ccc1O2. The van der Waals surface area contributed by atoms with Gasteiger partial charge in [0.25, 0.3) is 13.4 Å².